The van der Waals surface area contributed by atoms with Gasteiger partial charge in [0.25, 0.3) is 5.91 Å². The molecule has 0 aliphatic rings. The first-order valence-corrected chi connectivity index (χ1v) is 8.73. The van der Waals surface area contributed by atoms with E-state index in [9.17, 15) is 4.79 Å². The number of hydrogen-bond acceptors (Lipinski definition) is 5. The fraction of sp³-hybridized carbons (Fsp3) is 0.312. The zero-order valence-corrected chi connectivity index (χ0v) is 13.8. The van der Waals surface area contributed by atoms with Crippen molar-refractivity contribution in [1.29, 1.82) is 0 Å². The average Bonchev–Trinajstić information content (AvgIpc) is 3.17. The van der Waals surface area contributed by atoms with Gasteiger partial charge in [0, 0.05) is 11.8 Å². The van der Waals surface area contributed by atoms with Crippen LogP contribution in [-0.2, 0) is 0 Å². The Bertz CT molecular complexity index is 811. The molecule has 3 rings (SSSR count). The number of carbonyl (C=O) groups is 1. The Hall–Kier alpha value is -2.28. The highest BCUT2D eigenvalue weighted by atomic mass is 32.2. The third kappa shape index (κ3) is 3.24. The highest BCUT2D eigenvalue weighted by Gasteiger charge is 2.22. The Balaban J connectivity index is 1.89. The highest BCUT2D eigenvalue weighted by molar-refractivity contribution is 7.98. The lowest BCUT2D eigenvalue weighted by Crippen LogP contribution is -2.30. The van der Waals surface area contributed by atoms with Gasteiger partial charge in [-0.15, -0.1) is 10.2 Å². The van der Waals surface area contributed by atoms with Crippen molar-refractivity contribution >= 4 is 23.3 Å². The normalized spacial score (nSPS) is 12.4. The molecule has 0 radical (unpaired) electrons. The maximum atomic E-state index is 12.5. The number of aryl methyl sites for hydroxylation is 1. The molecule has 0 aromatic carbocycles. The number of thioether (sulfide) groups is 1. The van der Waals surface area contributed by atoms with Crippen molar-refractivity contribution in [3.63, 3.8) is 0 Å². The Labute approximate surface area is 138 Å². The SMILES string of the molecule is CSCC[C@@H](NC(=O)c1occc1C)c1nnc2ccccn12. The molecule has 1 N–H and O–H groups in total. The van der Waals surface area contributed by atoms with E-state index in [4.69, 9.17) is 4.42 Å². The van der Waals surface area contributed by atoms with Crippen LogP contribution in [0.2, 0.25) is 0 Å². The van der Waals surface area contributed by atoms with Crippen molar-refractivity contribution in [3.8, 4) is 0 Å². The second-order valence-corrected chi connectivity index (χ2v) is 6.21. The molecule has 0 saturated carbocycles. The van der Waals surface area contributed by atoms with Crippen LogP contribution in [0.3, 0.4) is 0 Å². The molecule has 1 amide bonds. The first-order chi connectivity index (χ1) is 11.2. The molecule has 0 saturated heterocycles. The Kier molecular flexibility index (Phi) is 4.66. The largest absolute Gasteiger partial charge is 0.459 e. The zero-order chi connectivity index (χ0) is 16.2. The van der Waals surface area contributed by atoms with E-state index in [2.05, 4.69) is 15.5 Å². The van der Waals surface area contributed by atoms with Crippen molar-refractivity contribution in [2.75, 3.05) is 12.0 Å². The maximum Gasteiger partial charge on any atom is 0.287 e. The molecule has 23 heavy (non-hydrogen) atoms. The van der Waals surface area contributed by atoms with E-state index in [1.807, 2.05) is 42.0 Å². The van der Waals surface area contributed by atoms with E-state index in [1.54, 1.807) is 17.8 Å². The van der Waals surface area contributed by atoms with Gasteiger partial charge in [0.2, 0.25) is 0 Å². The summed E-state index contributed by atoms with van der Waals surface area (Å²) in [5, 5.41) is 11.5. The molecule has 0 unspecified atom stereocenters. The minimum Gasteiger partial charge on any atom is -0.459 e. The predicted molar refractivity (Wildman–Crippen MR) is 89.6 cm³/mol. The van der Waals surface area contributed by atoms with E-state index in [0.717, 1.165) is 29.2 Å². The maximum absolute atomic E-state index is 12.5. The number of furan rings is 1. The van der Waals surface area contributed by atoms with Crippen LogP contribution >= 0.6 is 11.8 Å². The first-order valence-electron chi connectivity index (χ1n) is 7.34. The number of pyridine rings is 1. The van der Waals surface area contributed by atoms with Crippen LogP contribution in [0.5, 0.6) is 0 Å². The lowest BCUT2D eigenvalue weighted by molar-refractivity contribution is 0.0905. The van der Waals surface area contributed by atoms with Gasteiger partial charge in [0.05, 0.1) is 12.3 Å². The lowest BCUT2D eigenvalue weighted by Gasteiger charge is -2.16. The van der Waals surface area contributed by atoms with E-state index >= 15 is 0 Å². The molecule has 3 aromatic rings. The first kappa shape index (κ1) is 15.6. The summed E-state index contributed by atoms with van der Waals surface area (Å²) in [6, 6.07) is 7.27. The fourth-order valence-corrected chi connectivity index (χ4v) is 2.90. The van der Waals surface area contributed by atoms with Crippen LogP contribution in [-0.4, -0.2) is 32.5 Å². The van der Waals surface area contributed by atoms with E-state index in [-0.39, 0.29) is 11.9 Å². The Morgan fingerprint density at radius 1 is 1.39 bits per heavy atom. The zero-order valence-electron chi connectivity index (χ0n) is 13.0. The van der Waals surface area contributed by atoms with Crippen LogP contribution in [0.1, 0.15) is 34.4 Å². The molecule has 0 aliphatic heterocycles. The van der Waals surface area contributed by atoms with Crippen LogP contribution in [0, 0.1) is 6.92 Å². The molecular formula is C16H18N4O2S. The number of aromatic nitrogens is 3. The molecule has 0 bridgehead atoms. The van der Waals surface area contributed by atoms with E-state index < -0.39 is 0 Å². The summed E-state index contributed by atoms with van der Waals surface area (Å²) in [6.45, 7) is 1.85. The summed E-state index contributed by atoms with van der Waals surface area (Å²) in [5.74, 6) is 1.75. The number of carbonyl (C=O) groups excluding carboxylic acids is 1. The summed E-state index contributed by atoms with van der Waals surface area (Å²) in [7, 11) is 0. The van der Waals surface area contributed by atoms with Gasteiger partial charge in [-0.25, -0.2) is 0 Å². The summed E-state index contributed by atoms with van der Waals surface area (Å²) in [6.07, 6.45) is 6.23. The smallest absolute Gasteiger partial charge is 0.287 e. The van der Waals surface area contributed by atoms with Crippen LogP contribution < -0.4 is 5.32 Å². The quantitative estimate of drug-likeness (QED) is 0.752. The molecule has 7 heteroatoms. The fourth-order valence-electron chi connectivity index (χ4n) is 2.43. The lowest BCUT2D eigenvalue weighted by atomic mass is 10.2. The molecule has 0 aliphatic carbocycles. The van der Waals surface area contributed by atoms with Gasteiger partial charge in [0.15, 0.2) is 17.2 Å². The molecule has 0 spiro atoms. The topological polar surface area (TPSA) is 72.4 Å². The number of nitrogens with zero attached hydrogens (tertiary/aromatic N) is 3. The number of nitrogens with one attached hydrogen (secondary N) is 1. The van der Waals surface area contributed by atoms with Crippen molar-refractivity contribution < 1.29 is 9.21 Å². The van der Waals surface area contributed by atoms with E-state index in [1.165, 1.54) is 6.26 Å². The number of fused-ring (bicyclic) bond motifs is 1. The summed E-state index contributed by atoms with van der Waals surface area (Å²) >= 11 is 1.73. The van der Waals surface area contributed by atoms with Crippen molar-refractivity contribution in [3.05, 3.63) is 53.9 Å². The third-order valence-electron chi connectivity index (χ3n) is 3.64. The molecular weight excluding hydrogens is 312 g/mol. The van der Waals surface area contributed by atoms with E-state index in [0.29, 0.717) is 5.76 Å². The van der Waals surface area contributed by atoms with Gasteiger partial charge in [-0.1, -0.05) is 6.07 Å². The van der Waals surface area contributed by atoms with Gasteiger partial charge in [-0.05, 0) is 43.6 Å². The Morgan fingerprint density at radius 2 is 2.26 bits per heavy atom. The monoisotopic (exact) mass is 330 g/mol. The average molecular weight is 330 g/mol. The summed E-state index contributed by atoms with van der Waals surface area (Å²) in [4.78, 5) is 12.5. The highest BCUT2D eigenvalue weighted by Crippen LogP contribution is 2.19. The number of amides is 1. The van der Waals surface area contributed by atoms with Gasteiger partial charge < -0.3 is 9.73 Å². The summed E-state index contributed by atoms with van der Waals surface area (Å²) in [5.41, 5.74) is 1.58. The molecule has 3 heterocycles. The van der Waals surface area contributed by atoms with Crippen molar-refractivity contribution in [2.45, 2.75) is 19.4 Å². The third-order valence-corrected chi connectivity index (χ3v) is 4.28. The Morgan fingerprint density at radius 3 is 3.00 bits per heavy atom. The van der Waals surface area contributed by atoms with Gasteiger partial charge >= 0.3 is 0 Å². The van der Waals surface area contributed by atoms with Crippen LogP contribution in [0.4, 0.5) is 0 Å². The second kappa shape index (κ2) is 6.87. The van der Waals surface area contributed by atoms with Gasteiger partial charge in [0.1, 0.15) is 0 Å². The minimum absolute atomic E-state index is 0.225. The molecule has 6 nitrogen and oxygen atoms in total. The van der Waals surface area contributed by atoms with Gasteiger partial charge in [-0.3, -0.25) is 9.20 Å². The standard InChI is InChI=1S/C16H18N4O2S/c1-11-6-9-22-14(11)16(21)17-12(7-10-23-2)15-19-18-13-5-3-4-8-20(13)15/h3-6,8-9,12H,7,10H2,1-2H3,(H,17,21)/t12-/m1/s1. The van der Waals surface area contributed by atoms with Crippen LogP contribution in [0.25, 0.3) is 5.65 Å². The van der Waals surface area contributed by atoms with Gasteiger partial charge in [-0.2, -0.15) is 11.8 Å². The second-order valence-electron chi connectivity index (χ2n) is 5.23. The molecule has 1 atom stereocenters. The molecule has 0 fully saturated rings. The van der Waals surface area contributed by atoms with Crippen LogP contribution in [0.15, 0.2) is 41.1 Å². The van der Waals surface area contributed by atoms with Crippen molar-refractivity contribution in [1.82, 2.24) is 19.9 Å². The van der Waals surface area contributed by atoms with Crippen molar-refractivity contribution in [2.24, 2.45) is 0 Å². The predicted octanol–water partition coefficient (Wildman–Crippen LogP) is 2.85. The molecule has 120 valence electrons. The summed E-state index contributed by atoms with van der Waals surface area (Å²) < 4.78 is 7.18. The number of hydrogen-bond donors (Lipinski definition) is 1. The number of rotatable bonds is 6. The minimum atomic E-state index is -0.230. The molecule has 3 aromatic heterocycles.